The van der Waals surface area contributed by atoms with Crippen LogP contribution in [0, 0.1) is 0 Å². The number of carboxylic acids is 1. The minimum atomic E-state index is -3.29. The fourth-order valence-electron chi connectivity index (χ4n) is 2.19. The van der Waals surface area contributed by atoms with E-state index >= 15 is 0 Å². The van der Waals surface area contributed by atoms with Gasteiger partial charge in [-0.3, -0.25) is 4.79 Å². The number of aromatic carboxylic acids is 1. The highest BCUT2D eigenvalue weighted by Gasteiger charge is 2.27. The number of furan rings is 1. The van der Waals surface area contributed by atoms with E-state index in [0.29, 0.717) is 19.4 Å². The van der Waals surface area contributed by atoms with E-state index in [9.17, 15) is 18.0 Å². The van der Waals surface area contributed by atoms with Gasteiger partial charge in [-0.15, -0.1) is 0 Å². The van der Waals surface area contributed by atoms with E-state index in [0.717, 1.165) is 6.26 Å². The topological polar surface area (TPSA) is 117 Å². The Bertz CT molecular complexity index is 650. The summed E-state index contributed by atoms with van der Waals surface area (Å²) in [5.41, 5.74) is 0. The van der Waals surface area contributed by atoms with Gasteiger partial charge in [0.25, 0.3) is 5.91 Å². The molecule has 0 spiro atoms. The van der Waals surface area contributed by atoms with Crippen LogP contribution in [0.2, 0.25) is 0 Å². The van der Waals surface area contributed by atoms with Gasteiger partial charge >= 0.3 is 5.97 Å². The molecule has 0 radical (unpaired) electrons. The number of rotatable bonds is 4. The van der Waals surface area contributed by atoms with Crippen molar-refractivity contribution in [3.8, 4) is 0 Å². The quantitative estimate of drug-likeness (QED) is 0.815. The van der Waals surface area contributed by atoms with Crippen LogP contribution >= 0.6 is 0 Å². The van der Waals surface area contributed by atoms with Gasteiger partial charge in [0.2, 0.25) is 15.8 Å². The van der Waals surface area contributed by atoms with Crippen LogP contribution in [0.1, 0.15) is 34.0 Å². The number of hydrogen-bond donors (Lipinski definition) is 2. The molecule has 0 saturated carbocycles. The summed E-state index contributed by atoms with van der Waals surface area (Å²) in [6.45, 7) is 0.645. The van der Waals surface area contributed by atoms with Gasteiger partial charge in [-0.2, -0.15) is 0 Å². The monoisotopic (exact) mass is 316 g/mol. The highest BCUT2D eigenvalue weighted by Crippen LogP contribution is 2.14. The fourth-order valence-corrected chi connectivity index (χ4v) is 3.10. The van der Waals surface area contributed by atoms with Crippen molar-refractivity contribution < 1.29 is 27.5 Å². The van der Waals surface area contributed by atoms with E-state index in [4.69, 9.17) is 9.52 Å². The van der Waals surface area contributed by atoms with E-state index in [1.165, 1.54) is 16.4 Å². The molecule has 1 amide bonds. The standard InChI is InChI=1S/C12H16N2O6S/c1-21(18,19)14-6-2-3-8(7-14)13-11(15)9-4-5-10(20-9)12(16)17/h4-5,8H,2-3,6-7H2,1H3,(H,13,15)(H,16,17). The summed E-state index contributed by atoms with van der Waals surface area (Å²) in [4.78, 5) is 22.6. The Kier molecular flexibility index (Phi) is 4.33. The third-order valence-electron chi connectivity index (χ3n) is 3.23. The average Bonchev–Trinajstić information content (AvgIpc) is 2.88. The van der Waals surface area contributed by atoms with Gasteiger partial charge in [0.05, 0.1) is 6.26 Å². The molecule has 1 atom stereocenters. The Balaban J connectivity index is 2.00. The second-order valence-electron chi connectivity index (χ2n) is 4.90. The number of hydrogen-bond acceptors (Lipinski definition) is 5. The zero-order chi connectivity index (χ0) is 15.6. The first-order chi connectivity index (χ1) is 9.77. The van der Waals surface area contributed by atoms with Crippen LogP contribution < -0.4 is 5.32 Å². The Morgan fingerprint density at radius 1 is 1.38 bits per heavy atom. The van der Waals surface area contributed by atoms with Crippen molar-refractivity contribution >= 4 is 21.9 Å². The molecule has 9 heteroatoms. The molecule has 8 nitrogen and oxygen atoms in total. The third-order valence-corrected chi connectivity index (χ3v) is 4.50. The Labute approximate surface area is 121 Å². The summed E-state index contributed by atoms with van der Waals surface area (Å²) < 4.78 is 29.2. The SMILES string of the molecule is CS(=O)(=O)N1CCCC(NC(=O)c2ccc(C(=O)O)o2)C1. The molecular formula is C12H16N2O6S. The van der Waals surface area contributed by atoms with Gasteiger partial charge in [-0.05, 0) is 25.0 Å². The highest BCUT2D eigenvalue weighted by atomic mass is 32.2. The first-order valence-corrected chi connectivity index (χ1v) is 8.21. The Hall–Kier alpha value is -1.87. The average molecular weight is 316 g/mol. The third kappa shape index (κ3) is 3.82. The molecule has 1 aliphatic rings. The molecular weight excluding hydrogens is 300 g/mol. The highest BCUT2D eigenvalue weighted by molar-refractivity contribution is 7.88. The molecule has 2 rings (SSSR count). The fraction of sp³-hybridized carbons (Fsp3) is 0.500. The summed E-state index contributed by atoms with van der Waals surface area (Å²) >= 11 is 0. The van der Waals surface area contributed by atoms with E-state index in [1.807, 2.05) is 0 Å². The number of carboxylic acid groups (broad SMARTS) is 1. The van der Waals surface area contributed by atoms with Crippen molar-refractivity contribution in [3.63, 3.8) is 0 Å². The summed E-state index contributed by atoms with van der Waals surface area (Å²) in [5.74, 6) is -2.23. The lowest BCUT2D eigenvalue weighted by atomic mass is 10.1. The van der Waals surface area contributed by atoms with Gasteiger partial charge in [0.15, 0.2) is 5.76 Å². The van der Waals surface area contributed by atoms with Crippen LogP contribution in [-0.4, -0.2) is 55.1 Å². The molecule has 0 aromatic carbocycles. The normalized spacial score (nSPS) is 20.1. The zero-order valence-electron chi connectivity index (χ0n) is 11.4. The summed E-state index contributed by atoms with van der Waals surface area (Å²) in [5, 5.41) is 11.4. The number of amides is 1. The van der Waals surface area contributed by atoms with Crippen LogP contribution in [0.5, 0.6) is 0 Å². The molecule has 1 unspecified atom stereocenters. The van der Waals surface area contributed by atoms with Crippen molar-refractivity contribution in [2.24, 2.45) is 0 Å². The van der Waals surface area contributed by atoms with Crippen molar-refractivity contribution in [1.29, 1.82) is 0 Å². The molecule has 2 heterocycles. The lowest BCUT2D eigenvalue weighted by Crippen LogP contribution is -2.49. The van der Waals surface area contributed by atoms with Gasteiger partial charge in [0, 0.05) is 19.1 Å². The molecule has 21 heavy (non-hydrogen) atoms. The summed E-state index contributed by atoms with van der Waals surface area (Å²) in [6, 6.07) is 2.15. The predicted molar refractivity (Wildman–Crippen MR) is 72.6 cm³/mol. The smallest absolute Gasteiger partial charge is 0.371 e. The molecule has 1 aliphatic heterocycles. The lowest BCUT2D eigenvalue weighted by molar-refractivity contribution is 0.0659. The molecule has 1 aromatic heterocycles. The van der Waals surface area contributed by atoms with Crippen molar-refractivity contribution in [2.45, 2.75) is 18.9 Å². The van der Waals surface area contributed by atoms with E-state index in [1.54, 1.807) is 0 Å². The molecule has 1 fully saturated rings. The number of nitrogens with zero attached hydrogens (tertiary/aromatic N) is 1. The molecule has 2 N–H and O–H groups in total. The largest absolute Gasteiger partial charge is 0.475 e. The van der Waals surface area contributed by atoms with Gasteiger partial charge in [-0.25, -0.2) is 17.5 Å². The number of piperidine rings is 1. The number of nitrogens with one attached hydrogen (secondary N) is 1. The van der Waals surface area contributed by atoms with Crippen molar-refractivity contribution in [2.75, 3.05) is 19.3 Å². The van der Waals surface area contributed by atoms with Crippen LogP contribution in [-0.2, 0) is 10.0 Å². The van der Waals surface area contributed by atoms with Crippen LogP contribution in [0.3, 0.4) is 0 Å². The van der Waals surface area contributed by atoms with E-state index in [2.05, 4.69) is 5.32 Å². The van der Waals surface area contributed by atoms with E-state index in [-0.39, 0.29) is 24.1 Å². The Morgan fingerprint density at radius 2 is 2.05 bits per heavy atom. The maximum absolute atomic E-state index is 11.9. The van der Waals surface area contributed by atoms with Crippen molar-refractivity contribution in [3.05, 3.63) is 23.7 Å². The van der Waals surface area contributed by atoms with Gasteiger partial charge < -0.3 is 14.8 Å². The minimum absolute atomic E-state index is 0.108. The minimum Gasteiger partial charge on any atom is -0.475 e. The van der Waals surface area contributed by atoms with Crippen LogP contribution in [0.15, 0.2) is 16.5 Å². The lowest BCUT2D eigenvalue weighted by Gasteiger charge is -2.31. The zero-order valence-corrected chi connectivity index (χ0v) is 12.2. The molecule has 116 valence electrons. The van der Waals surface area contributed by atoms with Crippen LogP contribution in [0.25, 0.3) is 0 Å². The number of carbonyl (C=O) groups is 2. The summed E-state index contributed by atoms with van der Waals surface area (Å²) in [6.07, 6.45) is 2.43. The molecule has 0 bridgehead atoms. The number of carbonyl (C=O) groups excluding carboxylic acids is 1. The summed E-state index contributed by atoms with van der Waals surface area (Å²) in [7, 11) is -3.29. The van der Waals surface area contributed by atoms with Gasteiger partial charge in [0.1, 0.15) is 0 Å². The molecule has 1 saturated heterocycles. The van der Waals surface area contributed by atoms with E-state index < -0.39 is 21.9 Å². The first kappa shape index (κ1) is 15.5. The number of sulfonamides is 1. The first-order valence-electron chi connectivity index (χ1n) is 6.36. The Morgan fingerprint density at radius 3 is 2.62 bits per heavy atom. The van der Waals surface area contributed by atoms with Crippen molar-refractivity contribution in [1.82, 2.24) is 9.62 Å². The maximum atomic E-state index is 11.9. The van der Waals surface area contributed by atoms with Gasteiger partial charge in [-0.1, -0.05) is 0 Å². The molecule has 1 aromatic rings. The second-order valence-corrected chi connectivity index (χ2v) is 6.89. The predicted octanol–water partition coefficient (Wildman–Crippen LogP) is 0.132. The molecule has 0 aliphatic carbocycles. The second kappa shape index (κ2) is 5.86. The maximum Gasteiger partial charge on any atom is 0.371 e. The van der Waals surface area contributed by atoms with Crippen LogP contribution in [0.4, 0.5) is 0 Å².